The molecule has 24 heavy (non-hydrogen) atoms. The molecule has 2 nitrogen and oxygen atoms in total. The number of rotatable bonds is 2. The predicted octanol–water partition coefficient (Wildman–Crippen LogP) is 7.44. The van der Waals surface area contributed by atoms with Crippen LogP contribution in [0.2, 0.25) is 10.0 Å². The first-order valence-corrected chi connectivity index (χ1v) is 9.00. The lowest BCUT2D eigenvalue weighted by Gasteiger charge is -2.09. The second-order valence-electron chi connectivity index (χ2n) is 5.78. The van der Waals surface area contributed by atoms with Crippen LogP contribution in [0.1, 0.15) is 5.56 Å². The van der Waals surface area contributed by atoms with Crippen LogP contribution < -0.4 is 5.32 Å². The number of aryl methyl sites for hydroxylation is 1. The molecule has 0 saturated carbocycles. The number of hydrogen-bond acceptors (Lipinski definition) is 1. The van der Waals surface area contributed by atoms with E-state index in [-0.39, 0.29) is 0 Å². The molecule has 4 rings (SSSR count). The number of fused-ring (bicyclic) bond motifs is 3. The largest absolute Gasteiger partial charge is 0.355 e. The lowest BCUT2D eigenvalue weighted by atomic mass is 10.1. The third-order valence-electron chi connectivity index (χ3n) is 4.08. The third kappa shape index (κ3) is 2.77. The molecular formula is C19H13BrCl2N2. The monoisotopic (exact) mass is 418 g/mol. The van der Waals surface area contributed by atoms with Gasteiger partial charge >= 0.3 is 0 Å². The molecule has 4 aromatic rings. The molecule has 0 amide bonds. The summed E-state index contributed by atoms with van der Waals surface area (Å²) in [6.45, 7) is 1.99. The molecule has 0 bridgehead atoms. The topological polar surface area (TPSA) is 27.8 Å². The van der Waals surface area contributed by atoms with Gasteiger partial charge in [-0.25, -0.2) is 0 Å². The molecule has 1 aromatic heterocycles. The molecule has 3 aromatic carbocycles. The number of hydrogen-bond donors (Lipinski definition) is 2. The first-order valence-electron chi connectivity index (χ1n) is 7.45. The van der Waals surface area contributed by atoms with Crippen molar-refractivity contribution in [1.82, 2.24) is 4.98 Å². The van der Waals surface area contributed by atoms with Crippen LogP contribution in [-0.4, -0.2) is 4.98 Å². The standard InChI is InChI=1S/C19H13BrCl2N2/c1-10-2-4-12(9-17(10)22)23-13-7-15-14-6-11(21)3-5-18(14)24-19(15)16(20)8-13/h2-9,23-24H,1H3. The molecule has 0 unspecified atom stereocenters. The van der Waals surface area contributed by atoms with E-state index in [0.29, 0.717) is 0 Å². The fraction of sp³-hybridized carbons (Fsp3) is 0.0526. The predicted molar refractivity (Wildman–Crippen MR) is 108 cm³/mol. The molecule has 1 heterocycles. The van der Waals surface area contributed by atoms with E-state index in [1.54, 1.807) is 0 Å². The zero-order valence-corrected chi connectivity index (χ0v) is 15.9. The summed E-state index contributed by atoms with van der Waals surface area (Å²) in [6, 6.07) is 16.0. The van der Waals surface area contributed by atoms with Crippen molar-refractivity contribution in [3.8, 4) is 0 Å². The SMILES string of the molecule is Cc1ccc(Nc2cc(Br)c3[nH]c4ccc(Cl)cc4c3c2)cc1Cl. The van der Waals surface area contributed by atoms with E-state index >= 15 is 0 Å². The zero-order chi connectivity index (χ0) is 16.8. The minimum atomic E-state index is 0.725. The quantitative estimate of drug-likeness (QED) is 0.347. The van der Waals surface area contributed by atoms with Crippen molar-refractivity contribution < 1.29 is 0 Å². The van der Waals surface area contributed by atoms with E-state index in [9.17, 15) is 0 Å². The molecule has 120 valence electrons. The first kappa shape index (κ1) is 15.8. The van der Waals surface area contributed by atoms with Gasteiger partial charge in [-0.3, -0.25) is 0 Å². The molecule has 0 aliphatic carbocycles. The lowest BCUT2D eigenvalue weighted by Crippen LogP contribution is -1.91. The van der Waals surface area contributed by atoms with Crippen molar-refractivity contribution in [2.45, 2.75) is 6.92 Å². The summed E-state index contributed by atoms with van der Waals surface area (Å²) in [5, 5.41) is 7.10. The average Bonchev–Trinajstić information content (AvgIpc) is 2.90. The molecule has 5 heteroatoms. The van der Waals surface area contributed by atoms with Crippen molar-refractivity contribution >= 4 is 72.3 Å². The highest BCUT2D eigenvalue weighted by molar-refractivity contribution is 9.10. The molecule has 0 atom stereocenters. The van der Waals surface area contributed by atoms with Crippen molar-refractivity contribution in [3.63, 3.8) is 0 Å². The molecule has 0 aliphatic heterocycles. The Morgan fingerprint density at radius 2 is 1.75 bits per heavy atom. The fourth-order valence-corrected chi connectivity index (χ4v) is 3.75. The summed E-state index contributed by atoms with van der Waals surface area (Å²) in [4.78, 5) is 3.43. The summed E-state index contributed by atoms with van der Waals surface area (Å²) < 4.78 is 0.994. The maximum Gasteiger partial charge on any atom is 0.0610 e. The molecule has 2 N–H and O–H groups in total. The second-order valence-corrected chi connectivity index (χ2v) is 7.48. The molecule has 0 spiro atoms. The van der Waals surface area contributed by atoms with Gasteiger partial charge in [0.25, 0.3) is 0 Å². The van der Waals surface area contributed by atoms with E-state index in [0.717, 1.165) is 53.3 Å². The number of halogens is 3. The summed E-state index contributed by atoms with van der Waals surface area (Å²) in [5.74, 6) is 0. The Balaban J connectivity index is 1.85. The van der Waals surface area contributed by atoms with Crippen LogP contribution in [0.25, 0.3) is 21.8 Å². The smallest absolute Gasteiger partial charge is 0.0610 e. The van der Waals surface area contributed by atoms with Crippen molar-refractivity contribution in [3.05, 3.63) is 68.6 Å². The van der Waals surface area contributed by atoms with E-state index < -0.39 is 0 Å². The van der Waals surface area contributed by atoms with Crippen LogP contribution in [0.3, 0.4) is 0 Å². The molecule has 0 fully saturated rings. The Hall–Kier alpha value is -1.68. The summed E-state index contributed by atoms with van der Waals surface area (Å²) in [7, 11) is 0. The highest BCUT2D eigenvalue weighted by Crippen LogP contribution is 2.35. The van der Waals surface area contributed by atoms with Crippen LogP contribution in [-0.2, 0) is 0 Å². The first-order chi connectivity index (χ1) is 11.5. The summed E-state index contributed by atoms with van der Waals surface area (Å²) in [5.41, 5.74) is 5.11. The third-order valence-corrected chi connectivity index (χ3v) is 5.35. The Morgan fingerprint density at radius 1 is 0.917 bits per heavy atom. The van der Waals surface area contributed by atoms with Crippen molar-refractivity contribution in [2.75, 3.05) is 5.32 Å². The molecule has 0 saturated heterocycles. The Kier molecular flexibility index (Phi) is 3.95. The van der Waals surface area contributed by atoms with Gasteiger partial charge in [0.1, 0.15) is 0 Å². The number of benzene rings is 3. The van der Waals surface area contributed by atoms with Gasteiger partial charge < -0.3 is 10.3 Å². The highest BCUT2D eigenvalue weighted by Gasteiger charge is 2.10. The molecule has 0 aliphatic rings. The molecular weight excluding hydrogens is 407 g/mol. The highest BCUT2D eigenvalue weighted by atomic mass is 79.9. The minimum absolute atomic E-state index is 0.725. The van der Waals surface area contributed by atoms with E-state index in [1.807, 2.05) is 49.4 Å². The van der Waals surface area contributed by atoms with Crippen molar-refractivity contribution in [2.24, 2.45) is 0 Å². The summed E-state index contributed by atoms with van der Waals surface area (Å²) >= 11 is 16.0. The number of anilines is 2. The lowest BCUT2D eigenvalue weighted by molar-refractivity contribution is 1.45. The minimum Gasteiger partial charge on any atom is -0.355 e. The van der Waals surface area contributed by atoms with Crippen LogP contribution >= 0.6 is 39.1 Å². The Bertz CT molecular complexity index is 1090. The maximum atomic E-state index is 6.22. The van der Waals surface area contributed by atoms with Crippen LogP contribution in [0.15, 0.2) is 53.0 Å². The Labute approximate surface area is 157 Å². The van der Waals surface area contributed by atoms with Gasteiger partial charge in [-0.1, -0.05) is 29.3 Å². The second kappa shape index (κ2) is 5.99. The van der Waals surface area contributed by atoms with Gasteiger partial charge in [0.2, 0.25) is 0 Å². The normalized spacial score (nSPS) is 11.3. The van der Waals surface area contributed by atoms with Crippen LogP contribution in [0, 0.1) is 6.92 Å². The van der Waals surface area contributed by atoms with Gasteiger partial charge in [0, 0.05) is 42.2 Å². The van der Waals surface area contributed by atoms with Gasteiger partial charge in [-0.15, -0.1) is 0 Å². The fourth-order valence-electron chi connectivity index (χ4n) is 2.84. The van der Waals surface area contributed by atoms with Gasteiger partial charge in [-0.05, 0) is 70.9 Å². The van der Waals surface area contributed by atoms with Crippen LogP contribution in [0.5, 0.6) is 0 Å². The zero-order valence-electron chi connectivity index (χ0n) is 12.8. The van der Waals surface area contributed by atoms with E-state index in [1.165, 1.54) is 0 Å². The molecule has 0 radical (unpaired) electrons. The Morgan fingerprint density at radius 3 is 2.54 bits per heavy atom. The van der Waals surface area contributed by atoms with Gasteiger partial charge in [0.15, 0.2) is 0 Å². The van der Waals surface area contributed by atoms with Crippen molar-refractivity contribution in [1.29, 1.82) is 0 Å². The van der Waals surface area contributed by atoms with Gasteiger partial charge in [0.05, 0.1) is 5.52 Å². The number of H-pyrrole nitrogens is 1. The number of nitrogens with one attached hydrogen (secondary N) is 2. The van der Waals surface area contributed by atoms with Crippen LogP contribution in [0.4, 0.5) is 11.4 Å². The van der Waals surface area contributed by atoms with E-state index in [2.05, 4.69) is 32.3 Å². The summed E-state index contributed by atoms with van der Waals surface area (Å²) in [6.07, 6.45) is 0. The van der Waals surface area contributed by atoms with E-state index in [4.69, 9.17) is 23.2 Å². The average molecular weight is 420 g/mol. The number of aromatic nitrogens is 1. The maximum absolute atomic E-state index is 6.22. The van der Waals surface area contributed by atoms with Gasteiger partial charge in [-0.2, -0.15) is 0 Å². The number of aromatic amines is 1.